The minimum Gasteiger partial charge on any atom is -0.497 e. The molecule has 1 atom stereocenters. The molecule has 2 aromatic rings. The molecule has 21 heavy (non-hydrogen) atoms. The zero-order valence-electron chi connectivity index (χ0n) is 12.5. The predicted octanol–water partition coefficient (Wildman–Crippen LogP) is 4.02. The Balaban J connectivity index is 1.99. The molecule has 0 aliphatic carbocycles. The maximum Gasteiger partial charge on any atom is 0.122 e. The van der Waals surface area contributed by atoms with Crippen molar-refractivity contribution < 1.29 is 4.74 Å². The van der Waals surface area contributed by atoms with Gasteiger partial charge >= 0.3 is 0 Å². The van der Waals surface area contributed by atoms with Gasteiger partial charge in [0.1, 0.15) is 11.3 Å². The number of nitrogens with one attached hydrogen (secondary N) is 1. The molecular formula is C18H20N2O. The lowest BCUT2D eigenvalue weighted by Crippen LogP contribution is -2.33. The molecule has 0 heterocycles. The van der Waals surface area contributed by atoms with E-state index in [2.05, 4.69) is 11.4 Å². The fourth-order valence-corrected chi connectivity index (χ4v) is 2.17. The minimum absolute atomic E-state index is 0.582. The summed E-state index contributed by atoms with van der Waals surface area (Å²) in [6, 6.07) is 20.2. The number of para-hydroxylation sites is 1. The van der Waals surface area contributed by atoms with Crippen molar-refractivity contribution in [3.05, 3.63) is 60.2 Å². The minimum atomic E-state index is -0.582. The third-order valence-corrected chi connectivity index (χ3v) is 3.51. The lowest BCUT2D eigenvalue weighted by Gasteiger charge is -2.24. The molecule has 0 amide bonds. The highest BCUT2D eigenvalue weighted by atomic mass is 16.5. The van der Waals surface area contributed by atoms with Gasteiger partial charge in [0.25, 0.3) is 0 Å². The van der Waals surface area contributed by atoms with Crippen molar-refractivity contribution in [2.75, 3.05) is 12.4 Å². The van der Waals surface area contributed by atoms with Crippen LogP contribution < -0.4 is 10.1 Å². The van der Waals surface area contributed by atoms with E-state index in [1.165, 1.54) is 5.56 Å². The van der Waals surface area contributed by atoms with Gasteiger partial charge in [0.05, 0.1) is 13.2 Å². The number of hydrogen-bond acceptors (Lipinski definition) is 3. The second-order valence-corrected chi connectivity index (χ2v) is 5.28. The first-order valence-electron chi connectivity index (χ1n) is 7.03. The van der Waals surface area contributed by atoms with Crippen molar-refractivity contribution in [3.8, 4) is 11.8 Å². The summed E-state index contributed by atoms with van der Waals surface area (Å²) in [5.41, 5.74) is 1.59. The number of rotatable bonds is 6. The molecule has 0 fully saturated rings. The van der Waals surface area contributed by atoms with Crippen molar-refractivity contribution >= 4 is 5.69 Å². The van der Waals surface area contributed by atoms with Gasteiger partial charge in [-0.05, 0) is 49.6 Å². The number of hydrogen-bond donors (Lipinski definition) is 1. The fourth-order valence-electron chi connectivity index (χ4n) is 2.17. The van der Waals surface area contributed by atoms with E-state index in [1.807, 2.05) is 61.5 Å². The molecule has 3 heteroatoms. The van der Waals surface area contributed by atoms with E-state index < -0.39 is 5.54 Å². The Hall–Kier alpha value is -2.47. The van der Waals surface area contributed by atoms with E-state index in [0.717, 1.165) is 24.3 Å². The number of methoxy groups -OCH3 is 1. The van der Waals surface area contributed by atoms with Crippen LogP contribution in [0.2, 0.25) is 0 Å². The quantitative estimate of drug-likeness (QED) is 0.869. The predicted molar refractivity (Wildman–Crippen MR) is 85.4 cm³/mol. The van der Waals surface area contributed by atoms with Crippen molar-refractivity contribution in [3.63, 3.8) is 0 Å². The highest BCUT2D eigenvalue weighted by molar-refractivity contribution is 5.47. The monoisotopic (exact) mass is 280 g/mol. The largest absolute Gasteiger partial charge is 0.497 e. The van der Waals surface area contributed by atoms with Gasteiger partial charge in [-0.25, -0.2) is 0 Å². The summed E-state index contributed by atoms with van der Waals surface area (Å²) in [5.74, 6) is 0.851. The molecular weight excluding hydrogens is 260 g/mol. The standard InChI is InChI=1S/C18H20N2O/c1-18(14-19,20-16-6-4-3-5-7-16)13-12-15-8-10-17(21-2)11-9-15/h3-11,20H,12-13H2,1-2H3. The molecule has 0 aromatic heterocycles. The third-order valence-electron chi connectivity index (χ3n) is 3.51. The maximum absolute atomic E-state index is 9.47. The topological polar surface area (TPSA) is 45.0 Å². The average molecular weight is 280 g/mol. The number of nitriles is 1. The highest BCUT2D eigenvalue weighted by Crippen LogP contribution is 2.21. The molecule has 2 rings (SSSR count). The lowest BCUT2D eigenvalue weighted by atomic mass is 9.94. The Morgan fingerprint density at radius 3 is 2.33 bits per heavy atom. The summed E-state index contributed by atoms with van der Waals surface area (Å²) in [4.78, 5) is 0. The molecule has 0 spiro atoms. The fraction of sp³-hybridized carbons (Fsp3) is 0.278. The lowest BCUT2D eigenvalue weighted by molar-refractivity contribution is 0.414. The first-order valence-corrected chi connectivity index (χ1v) is 7.03. The van der Waals surface area contributed by atoms with Crippen LogP contribution in [0.25, 0.3) is 0 Å². The van der Waals surface area contributed by atoms with Gasteiger partial charge in [0.2, 0.25) is 0 Å². The van der Waals surface area contributed by atoms with Crippen LogP contribution in [0.3, 0.4) is 0 Å². The molecule has 1 N–H and O–H groups in total. The Kier molecular flexibility index (Phi) is 4.84. The van der Waals surface area contributed by atoms with Crippen LogP contribution in [-0.2, 0) is 6.42 Å². The van der Waals surface area contributed by atoms with Crippen LogP contribution in [0.15, 0.2) is 54.6 Å². The Morgan fingerprint density at radius 2 is 1.76 bits per heavy atom. The number of nitrogens with zero attached hydrogens (tertiary/aromatic N) is 1. The van der Waals surface area contributed by atoms with Crippen molar-refractivity contribution in [2.45, 2.75) is 25.3 Å². The number of benzene rings is 2. The first kappa shape index (κ1) is 14.9. The summed E-state index contributed by atoms with van der Waals surface area (Å²) >= 11 is 0. The molecule has 0 aliphatic heterocycles. The van der Waals surface area contributed by atoms with Gasteiger partial charge in [-0.3, -0.25) is 0 Å². The molecule has 0 saturated heterocycles. The Morgan fingerprint density at radius 1 is 1.10 bits per heavy atom. The Labute approximate surface area is 126 Å². The number of ether oxygens (including phenoxy) is 1. The second kappa shape index (κ2) is 6.81. The molecule has 0 saturated carbocycles. The first-order chi connectivity index (χ1) is 10.1. The van der Waals surface area contributed by atoms with Gasteiger partial charge in [-0.15, -0.1) is 0 Å². The van der Waals surface area contributed by atoms with Crippen LogP contribution in [0.4, 0.5) is 5.69 Å². The molecule has 0 aliphatic rings. The zero-order valence-corrected chi connectivity index (χ0v) is 12.5. The SMILES string of the molecule is COc1ccc(CCC(C)(C#N)Nc2ccccc2)cc1. The third kappa shape index (κ3) is 4.25. The summed E-state index contributed by atoms with van der Waals surface area (Å²) in [5, 5.41) is 12.8. The normalized spacial score (nSPS) is 13.0. The van der Waals surface area contributed by atoms with Crippen LogP contribution in [0, 0.1) is 11.3 Å². The van der Waals surface area contributed by atoms with Crippen molar-refractivity contribution in [1.82, 2.24) is 0 Å². The highest BCUT2D eigenvalue weighted by Gasteiger charge is 2.23. The summed E-state index contributed by atoms with van der Waals surface area (Å²) in [6.45, 7) is 1.93. The molecule has 2 aromatic carbocycles. The van der Waals surface area contributed by atoms with E-state index >= 15 is 0 Å². The van der Waals surface area contributed by atoms with Gasteiger partial charge < -0.3 is 10.1 Å². The van der Waals surface area contributed by atoms with Crippen LogP contribution in [0.1, 0.15) is 18.9 Å². The van der Waals surface area contributed by atoms with Crippen LogP contribution >= 0.6 is 0 Å². The van der Waals surface area contributed by atoms with Gasteiger partial charge in [0, 0.05) is 5.69 Å². The number of aryl methyl sites for hydroxylation is 1. The molecule has 108 valence electrons. The molecule has 1 unspecified atom stereocenters. The van der Waals surface area contributed by atoms with Gasteiger partial charge in [0.15, 0.2) is 0 Å². The molecule has 0 radical (unpaired) electrons. The van der Waals surface area contributed by atoms with Gasteiger partial charge in [-0.1, -0.05) is 30.3 Å². The second-order valence-electron chi connectivity index (χ2n) is 5.28. The van der Waals surface area contributed by atoms with E-state index in [1.54, 1.807) is 7.11 Å². The zero-order chi connectivity index (χ0) is 15.1. The van der Waals surface area contributed by atoms with E-state index in [9.17, 15) is 5.26 Å². The number of anilines is 1. The maximum atomic E-state index is 9.47. The summed E-state index contributed by atoms with van der Waals surface area (Å²) in [6.07, 6.45) is 1.58. The molecule has 3 nitrogen and oxygen atoms in total. The van der Waals surface area contributed by atoms with E-state index in [0.29, 0.717) is 0 Å². The Bertz CT molecular complexity index is 601. The average Bonchev–Trinajstić information content (AvgIpc) is 2.54. The summed E-state index contributed by atoms with van der Waals surface area (Å²) in [7, 11) is 1.66. The van der Waals surface area contributed by atoms with E-state index in [4.69, 9.17) is 4.74 Å². The van der Waals surface area contributed by atoms with Gasteiger partial charge in [-0.2, -0.15) is 5.26 Å². The molecule has 0 bridgehead atoms. The van der Waals surface area contributed by atoms with Crippen LogP contribution in [0.5, 0.6) is 5.75 Å². The smallest absolute Gasteiger partial charge is 0.122 e. The van der Waals surface area contributed by atoms with E-state index in [-0.39, 0.29) is 0 Å². The van der Waals surface area contributed by atoms with Crippen molar-refractivity contribution in [2.24, 2.45) is 0 Å². The van der Waals surface area contributed by atoms with Crippen LogP contribution in [-0.4, -0.2) is 12.6 Å². The van der Waals surface area contributed by atoms with Crippen molar-refractivity contribution in [1.29, 1.82) is 5.26 Å². The summed E-state index contributed by atoms with van der Waals surface area (Å²) < 4.78 is 5.15.